The van der Waals surface area contributed by atoms with E-state index in [-0.39, 0.29) is 5.91 Å². The molecule has 0 aliphatic carbocycles. The van der Waals surface area contributed by atoms with Crippen molar-refractivity contribution in [1.82, 2.24) is 0 Å². The Kier molecular flexibility index (Phi) is 4.43. The number of aryl methyl sites for hydroxylation is 1. The lowest BCUT2D eigenvalue weighted by atomic mass is 9.99. The fourth-order valence-corrected chi connectivity index (χ4v) is 2.54. The smallest absolute Gasteiger partial charge is 0.279 e. The first-order valence-corrected chi connectivity index (χ1v) is 7.04. The van der Waals surface area contributed by atoms with Gasteiger partial charge < -0.3 is 16.0 Å². The maximum Gasteiger partial charge on any atom is 0.279 e. The third kappa shape index (κ3) is 3.96. The number of piperidine rings is 1. The van der Waals surface area contributed by atoms with Crippen molar-refractivity contribution >= 4 is 17.3 Å². The van der Waals surface area contributed by atoms with Gasteiger partial charge in [-0.05, 0) is 43.4 Å². The van der Waals surface area contributed by atoms with Gasteiger partial charge in [0, 0.05) is 11.4 Å². The summed E-state index contributed by atoms with van der Waals surface area (Å²) < 4.78 is 0. The number of hydrogen-bond acceptors (Lipinski definition) is 2. The summed E-state index contributed by atoms with van der Waals surface area (Å²) in [6, 6.07) is 5.60. The molecule has 1 saturated heterocycles. The van der Waals surface area contributed by atoms with Gasteiger partial charge in [0.2, 0.25) is 0 Å². The molecule has 0 saturated carbocycles. The summed E-state index contributed by atoms with van der Waals surface area (Å²) in [7, 11) is 0. The average molecular weight is 262 g/mol. The number of amides is 1. The van der Waals surface area contributed by atoms with Crippen molar-refractivity contribution < 1.29 is 9.69 Å². The second-order valence-corrected chi connectivity index (χ2v) is 5.73. The Hall–Kier alpha value is -1.55. The molecule has 1 fully saturated rings. The lowest BCUT2D eigenvalue weighted by Crippen LogP contribution is -3.14. The Morgan fingerprint density at radius 1 is 1.42 bits per heavy atom. The maximum absolute atomic E-state index is 12.1. The van der Waals surface area contributed by atoms with Crippen molar-refractivity contribution in [2.45, 2.75) is 26.7 Å². The molecule has 1 aliphatic rings. The molecule has 1 heterocycles. The molecule has 4 heteroatoms. The van der Waals surface area contributed by atoms with Crippen LogP contribution in [0.4, 0.5) is 11.4 Å². The van der Waals surface area contributed by atoms with Gasteiger partial charge in [-0.3, -0.25) is 4.79 Å². The largest absolute Gasteiger partial charge is 0.399 e. The zero-order valence-electron chi connectivity index (χ0n) is 11.8. The van der Waals surface area contributed by atoms with E-state index in [9.17, 15) is 4.79 Å². The van der Waals surface area contributed by atoms with Crippen molar-refractivity contribution in [2.24, 2.45) is 5.92 Å². The number of benzene rings is 1. The molecule has 2 rings (SSSR count). The van der Waals surface area contributed by atoms with Gasteiger partial charge in [-0.2, -0.15) is 0 Å². The minimum absolute atomic E-state index is 0.0817. The molecule has 4 nitrogen and oxygen atoms in total. The summed E-state index contributed by atoms with van der Waals surface area (Å²) in [5, 5.41) is 2.97. The summed E-state index contributed by atoms with van der Waals surface area (Å²) in [5.74, 6) is 0.890. The Bertz CT molecular complexity index is 451. The quantitative estimate of drug-likeness (QED) is 0.707. The molecule has 0 atom stereocenters. The Morgan fingerprint density at radius 3 is 2.79 bits per heavy atom. The Balaban J connectivity index is 1.89. The molecule has 1 aromatic rings. The third-order valence-corrected chi connectivity index (χ3v) is 3.93. The zero-order chi connectivity index (χ0) is 13.8. The number of hydrogen-bond donors (Lipinski definition) is 3. The molecule has 1 amide bonds. The molecule has 1 aromatic carbocycles. The van der Waals surface area contributed by atoms with Crippen LogP contribution in [0.5, 0.6) is 0 Å². The van der Waals surface area contributed by atoms with Crippen molar-refractivity contribution in [3.05, 3.63) is 23.8 Å². The number of rotatable bonds is 3. The SMILES string of the molecule is Cc1ccc(N)cc1NC(=O)C[NH+]1CCC(C)CC1. The van der Waals surface area contributed by atoms with Crippen LogP contribution < -0.4 is 16.0 Å². The van der Waals surface area contributed by atoms with Crippen LogP contribution in [0.25, 0.3) is 0 Å². The first-order valence-electron chi connectivity index (χ1n) is 7.04. The highest BCUT2D eigenvalue weighted by atomic mass is 16.2. The van der Waals surface area contributed by atoms with E-state index in [0.717, 1.165) is 30.3 Å². The van der Waals surface area contributed by atoms with Crippen LogP contribution in [-0.4, -0.2) is 25.5 Å². The zero-order valence-corrected chi connectivity index (χ0v) is 11.8. The normalized spacial score (nSPS) is 23.1. The van der Waals surface area contributed by atoms with E-state index in [1.165, 1.54) is 17.7 Å². The Morgan fingerprint density at radius 2 is 2.11 bits per heavy atom. The van der Waals surface area contributed by atoms with Gasteiger partial charge in [0.1, 0.15) is 0 Å². The monoisotopic (exact) mass is 262 g/mol. The summed E-state index contributed by atoms with van der Waals surface area (Å²) >= 11 is 0. The highest BCUT2D eigenvalue weighted by molar-refractivity contribution is 5.92. The molecule has 0 bridgehead atoms. The second-order valence-electron chi connectivity index (χ2n) is 5.73. The predicted octanol–water partition coefficient (Wildman–Crippen LogP) is 0.831. The first-order chi connectivity index (χ1) is 9.04. The number of likely N-dealkylation sites (tertiary alicyclic amines) is 1. The van der Waals surface area contributed by atoms with Crippen molar-refractivity contribution in [3.8, 4) is 0 Å². The van der Waals surface area contributed by atoms with Crippen LogP contribution >= 0.6 is 0 Å². The number of nitrogens with one attached hydrogen (secondary N) is 2. The second kappa shape index (κ2) is 6.06. The molecular weight excluding hydrogens is 238 g/mol. The van der Waals surface area contributed by atoms with Crippen molar-refractivity contribution in [1.29, 1.82) is 0 Å². The first kappa shape index (κ1) is 13.9. The number of carbonyl (C=O) groups is 1. The van der Waals surface area contributed by atoms with Crippen molar-refractivity contribution in [2.75, 3.05) is 30.7 Å². The number of nitrogens with two attached hydrogens (primary N) is 1. The third-order valence-electron chi connectivity index (χ3n) is 3.93. The van der Waals surface area contributed by atoms with Gasteiger partial charge in [0.05, 0.1) is 13.1 Å². The summed E-state index contributed by atoms with van der Waals surface area (Å²) in [4.78, 5) is 13.4. The minimum Gasteiger partial charge on any atom is -0.399 e. The van der Waals surface area contributed by atoms with E-state index in [2.05, 4.69) is 12.2 Å². The van der Waals surface area contributed by atoms with Crippen molar-refractivity contribution in [3.63, 3.8) is 0 Å². The topological polar surface area (TPSA) is 59.6 Å². The predicted molar refractivity (Wildman–Crippen MR) is 78.2 cm³/mol. The van der Waals surface area contributed by atoms with Crippen LogP contribution in [0.2, 0.25) is 0 Å². The molecule has 0 spiro atoms. The number of nitrogen functional groups attached to an aromatic ring is 1. The molecule has 1 aliphatic heterocycles. The lowest BCUT2D eigenvalue weighted by Gasteiger charge is -2.26. The minimum atomic E-state index is 0.0817. The van der Waals surface area contributed by atoms with E-state index < -0.39 is 0 Å². The summed E-state index contributed by atoms with van der Waals surface area (Å²) in [6.45, 7) is 7.02. The van der Waals surface area contributed by atoms with Gasteiger partial charge in [0.15, 0.2) is 6.54 Å². The van der Waals surface area contributed by atoms with E-state index in [1.807, 2.05) is 25.1 Å². The van der Waals surface area contributed by atoms with E-state index in [1.54, 1.807) is 0 Å². The maximum atomic E-state index is 12.1. The lowest BCUT2D eigenvalue weighted by molar-refractivity contribution is -0.897. The van der Waals surface area contributed by atoms with Crippen LogP contribution in [0, 0.1) is 12.8 Å². The summed E-state index contributed by atoms with van der Waals surface area (Å²) in [5.41, 5.74) is 8.30. The standard InChI is InChI=1S/C15H23N3O/c1-11-5-7-18(8-6-11)10-15(19)17-14-9-13(16)4-3-12(14)2/h3-4,9,11H,5-8,10,16H2,1-2H3,(H,17,19)/p+1. The highest BCUT2D eigenvalue weighted by Gasteiger charge is 2.21. The average Bonchev–Trinajstić information content (AvgIpc) is 2.37. The van der Waals surface area contributed by atoms with E-state index >= 15 is 0 Å². The van der Waals surface area contributed by atoms with Crippen LogP contribution in [0.3, 0.4) is 0 Å². The van der Waals surface area contributed by atoms with Gasteiger partial charge >= 0.3 is 0 Å². The van der Waals surface area contributed by atoms with Crippen LogP contribution in [-0.2, 0) is 4.79 Å². The van der Waals surface area contributed by atoms with Crippen LogP contribution in [0.15, 0.2) is 18.2 Å². The molecule has 0 unspecified atom stereocenters. The Labute approximate surface area is 115 Å². The fourth-order valence-electron chi connectivity index (χ4n) is 2.54. The molecule has 0 radical (unpaired) electrons. The van der Waals surface area contributed by atoms with Gasteiger partial charge in [-0.15, -0.1) is 0 Å². The molecule has 4 N–H and O–H groups in total. The molecule has 19 heavy (non-hydrogen) atoms. The molecule has 104 valence electrons. The van der Waals surface area contributed by atoms with Crippen LogP contribution in [0.1, 0.15) is 25.3 Å². The fraction of sp³-hybridized carbons (Fsp3) is 0.533. The molecular formula is C15H24N3O+. The van der Waals surface area contributed by atoms with E-state index in [4.69, 9.17) is 5.73 Å². The number of quaternary nitrogens is 1. The molecule has 0 aromatic heterocycles. The van der Waals surface area contributed by atoms with Gasteiger partial charge in [0.25, 0.3) is 5.91 Å². The van der Waals surface area contributed by atoms with Gasteiger partial charge in [-0.25, -0.2) is 0 Å². The van der Waals surface area contributed by atoms with Gasteiger partial charge in [-0.1, -0.05) is 13.0 Å². The van der Waals surface area contributed by atoms with E-state index in [0.29, 0.717) is 12.2 Å². The number of carbonyl (C=O) groups excluding carboxylic acids is 1. The number of anilines is 2. The highest BCUT2D eigenvalue weighted by Crippen LogP contribution is 2.17. The summed E-state index contributed by atoms with van der Waals surface area (Å²) in [6.07, 6.45) is 2.44.